The van der Waals surface area contributed by atoms with E-state index in [2.05, 4.69) is 36.9 Å². The first kappa shape index (κ1) is 46.6. The highest BCUT2D eigenvalue weighted by Crippen LogP contribution is 2.23. The summed E-state index contributed by atoms with van der Waals surface area (Å²) in [5.74, 6) is -5.72. The van der Waals surface area contributed by atoms with Crippen LogP contribution in [0.3, 0.4) is 0 Å². The topological polar surface area (TPSA) is 302 Å². The number of nitrogens with one attached hydrogen (secondary N) is 6. The standard InChI is InChI=1S/C42H55N11O8/c1-4-5-14-31(49-25(3)54)38(58)48-24(2)37(57)47-22-34-40(60)51-30-15-9-8-13-29(30)41(61)53(34)23-35(55)50-32(16-10-19-46-42(44)45)39(59)52-33(36(43)56)21-26-17-18-27-11-6-7-12-28(27)20-26/h6-9,11-13,15,17-18,20,24,31-34H,4-5,10,14,16,19,21-23H2,1-3H3,(H2,43,56)(H,47,57)(H,48,58)(H,49,54)(H,50,55)(H,51,60)(H,52,59)(H4,44,45,46)/t24-,31-,32-,33-,34?/m0/s1. The van der Waals surface area contributed by atoms with Crippen LogP contribution in [0.5, 0.6) is 0 Å². The molecule has 19 heteroatoms. The minimum Gasteiger partial charge on any atom is -0.370 e. The molecule has 0 saturated carbocycles. The minimum absolute atomic E-state index is 0.00257. The van der Waals surface area contributed by atoms with E-state index in [9.17, 15) is 38.4 Å². The Bertz CT molecular complexity index is 2140. The van der Waals surface area contributed by atoms with Crippen molar-refractivity contribution >= 4 is 69.7 Å². The molecule has 61 heavy (non-hydrogen) atoms. The number of para-hydroxylation sites is 1. The number of hydrogen-bond donors (Lipinski definition) is 9. The van der Waals surface area contributed by atoms with Gasteiger partial charge in [-0.15, -0.1) is 0 Å². The molecule has 5 atom stereocenters. The third kappa shape index (κ3) is 13.8. The fraction of sp³-hybridized carbons (Fsp3) is 0.405. The number of fused-ring (bicyclic) bond motifs is 2. The van der Waals surface area contributed by atoms with E-state index in [1.807, 2.05) is 49.4 Å². The zero-order valence-corrected chi connectivity index (χ0v) is 34.5. The monoisotopic (exact) mass is 841 g/mol. The minimum atomic E-state index is -1.44. The zero-order valence-electron chi connectivity index (χ0n) is 34.5. The quantitative estimate of drug-likeness (QED) is 0.0382. The smallest absolute Gasteiger partial charge is 0.257 e. The van der Waals surface area contributed by atoms with Crippen molar-refractivity contribution < 1.29 is 38.4 Å². The Hall–Kier alpha value is -7.05. The third-order valence-electron chi connectivity index (χ3n) is 9.94. The number of rotatable bonds is 21. The van der Waals surface area contributed by atoms with Crippen molar-refractivity contribution in [2.45, 2.75) is 89.5 Å². The van der Waals surface area contributed by atoms with Gasteiger partial charge in [0.15, 0.2) is 5.96 Å². The summed E-state index contributed by atoms with van der Waals surface area (Å²) >= 11 is 0. The summed E-state index contributed by atoms with van der Waals surface area (Å²) < 4.78 is 0. The number of carbonyl (C=O) groups excluding carboxylic acids is 8. The molecule has 8 amide bonds. The Balaban J connectivity index is 1.52. The van der Waals surface area contributed by atoms with Gasteiger partial charge in [-0.25, -0.2) is 0 Å². The molecule has 0 saturated heterocycles. The maximum Gasteiger partial charge on any atom is 0.257 e. The molecule has 326 valence electrons. The van der Waals surface area contributed by atoms with Crippen molar-refractivity contribution in [3.63, 3.8) is 0 Å². The van der Waals surface area contributed by atoms with Crippen LogP contribution in [0.4, 0.5) is 5.69 Å². The van der Waals surface area contributed by atoms with E-state index in [0.717, 1.165) is 27.7 Å². The Labute approximate surface area is 353 Å². The summed E-state index contributed by atoms with van der Waals surface area (Å²) in [5.41, 5.74) is 17.6. The number of amides is 8. The van der Waals surface area contributed by atoms with Crippen molar-refractivity contribution in [1.29, 1.82) is 0 Å². The van der Waals surface area contributed by atoms with Crippen molar-refractivity contribution in [3.05, 3.63) is 77.9 Å². The van der Waals surface area contributed by atoms with Gasteiger partial charge < -0.3 is 54.0 Å². The van der Waals surface area contributed by atoms with Crippen LogP contribution in [-0.4, -0.2) is 108 Å². The van der Waals surface area contributed by atoms with E-state index < -0.39 is 90.6 Å². The van der Waals surface area contributed by atoms with Crippen LogP contribution in [0.25, 0.3) is 10.8 Å². The maximum absolute atomic E-state index is 14.1. The molecule has 0 radical (unpaired) electrons. The largest absolute Gasteiger partial charge is 0.370 e. The predicted octanol–water partition coefficient (Wildman–Crippen LogP) is -0.330. The average Bonchev–Trinajstić information content (AvgIpc) is 3.31. The van der Waals surface area contributed by atoms with Gasteiger partial charge in [0, 0.05) is 26.4 Å². The fourth-order valence-corrected chi connectivity index (χ4v) is 6.73. The first-order valence-corrected chi connectivity index (χ1v) is 20.1. The SMILES string of the molecule is CCCC[C@H](NC(C)=O)C(=O)N[C@@H](C)C(=O)NCC1C(=O)Nc2ccccc2C(=O)N1CC(=O)N[C@@H](CCCN=C(N)N)C(=O)N[C@@H](Cc1ccc2ccccc2c1)C(N)=O. The lowest BCUT2D eigenvalue weighted by atomic mass is 10.0. The second-order valence-corrected chi connectivity index (χ2v) is 14.8. The van der Waals surface area contributed by atoms with Crippen LogP contribution in [-0.2, 0) is 40.0 Å². The first-order chi connectivity index (χ1) is 29.1. The molecule has 0 bridgehead atoms. The number of primary amides is 1. The van der Waals surface area contributed by atoms with Crippen LogP contribution in [0, 0.1) is 0 Å². The number of carbonyl (C=O) groups is 8. The molecule has 0 aliphatic carbocycles. The molecular formula is C42H55N11O8. The number of unbranched alkanes of at least 4 members (excludes halogenated alkanes) is 1. The molecule has 1 heterocycles. The lowest BCUT2D eigenvalue weighted by Gasteiger charge is -2.30. The highest BCUT2D eigenvalue weighted by Gasteiger charge is 2.38. The van der Waals surface area contributed by atoms with E-state index in [-0.39, 0.29) is 43.0 Å². The predicted molar refractivity (Wildman–Crippen MR) is 228 cm³/mol. The fourth-order valence-electron chi connectivity index (χ4n) is 6.73. The Kier molecular flexibility index (Phi) is 17.1. The third-order valence-corrected chi connectivity index (χ3v) is 9.94. The van der Waals surface area contributed by atoms with Crippen LogP contribution in [0.15, 0.2) is 71.7 Å². The maximum atomic E-state index is 14.1. The molecule has 4 rings (SSSR count). The van der Waals surface area contributed by atoms with E-state index in [4.69, 9.17) is 17.2 Å². The Morgan fingerprint density at radius 2 is 1.44 bits per heavy atom. The Morgan fingerprint density at radius 3 is 2.13 bits per heavy atom. The highest BCUT2D eigenvalue weighted by atomic mass is 16.2. The van der Waals surface area contributed by atoms with E-state index in [1.165, 1.54) is 26.0 Å². The average molecular weight is 842 g/mol. The summed E-state index contributed by atoms with van der Waals surface area (Å²) in [6, 6.07) is 13.5. The summed E-state index contributed by atoms with van der Waals surface area (Å²) in [4.78, 5) is 111. The van der Waals surface area contributed by atoms with Gasteiger partial charge in [-0.05, 0) is 54.7 Å². The molecule has 0 aromatic heterocycles. The summed E-state index contributed by atoms with van der Waals surface area (Å²) in [5, 5.41) is 17.6. The lowest BCUT2D eigenvalue weighted by molar-refractivity contribution is -0.132. The second kappa shape index (κ2) is 22.4. The van der Waals surface area contributed by atoms with Gasteiger partial charge in [-0.2, -0.15) is 0 Å². The van der Waals surface area contributed by atoms with Gasteiger partial charge in [-0.1, -0.05) is 74.4 Å². The number of benzene rings is 3. The van der Waals surface area contributed by atoms with Crippen LogP contribution < -0.4 is 49.1 Å². The lowest BCUT2D eigenvalue weighted by Crippen LogP contribution is -2.58. The first-order valence-electron chi connectivity index (χ1n) is 20.1. The highest BCUT2D eigenvalue weighted by molar-refractivity contribution is 6.11. The van der Waals surface area contributed by atoms with Gasteiger partial charge in [0.2, 0.25) is 41.4 Å². The van der Waals surface area contributed by atoms with Crippen molar-refractivity contribution in [2.75, 3.05) is 25.0 Å². The molecule has 0 fully saturated rings. The van der Waals surface area contributed by atoms with Gasteiger partial charge in [-0.3, -0.25) is 43.3 Å². The molecule has 19 nitrogen and oxygen atoms in total. The molecular weight excluding hydrogens is 787 g/mol. The normalized spacial score (nSPS) is 15.4. The number of aliphatic imine (C=N–C) groups is 1. The van der Waals surface area contributed by atoms with Gasteiger partial charge in [0.05, 0.1) is 11.3 Å². The van der Waals surface area contributed by atoms with Gasteiger partial charge in [0.1, 0.15) is 36.8 Å². The van der Waals surface area contributed by atoms with E-state index in [0.29, 0.717) is 12.8 Å². The number of anilines is 1. The second-order valence-electron chi connectivity index (χ2n) is 14.8. The molecule has 1 aliphatic heterocycles. The van der Waals surface area contributed by atoms with Crippen molar-refractivity contribution in [1.82, 2.24) is 31.5 Å². The number of nitrogens with two attached hydrogens (primary N) is 3. The van der Waals surface area contributed by atoms with E-state index in [1.54, 1.807) is 12.1 Å². The summed E-state index contributed by atoms with van der Waals surface area (Å²) in [6.07, 6.45) is 2.05. The summed E-state index contributed by atoms with van der Waals surface area (Å²) in [6.45, 7) is 3.52. The van der Waals surface area contributed by atoms with Crippen molar-refractivity contribution in [3.8, 4) is 0 Å². The van der Waals surface area contributed by atoms with Gasteiger partial charge >= 0.3 is 0 Å². The molecule has 0 spiro atoms. The molecule has 1 aliphatic rings. The van der Waals surface area contributed by atoms with Crippen LogP contribution in [0.2, 0.25) is 0 Å². The van der Waals surface area contributed by atoms with E-state index >= 15 is 0 Å². The van der Waals surface area contributed by atoms with Crippen molar-refractivity contribution in [2.24, 2.45) is 22.2 Å². The molecule has 1 unspecified atom stereocenters. The molecule has 3 aromatic rings. The van der Waals surface area contributed by atoms with Crippen LogP contribution in [0.1, 0.15) is 68.8 Å². The molecule has 3 aromatic carbocycles. The number of guanidine groups is 1. The zero-order chi connectivity index (χ0) is 44.6. The van der Waals surface area contributed by atoms with Crippen LogP contribution >= 0.6 is 0 Å². The van der Waals surface area contributed by atoms with Gasteiger partial charge in [0.25, 0.3) is 5.91 Å². The summed E-state index contributed by atoms with van der Waals surface area (Å²) in [7, 11) is 0. The molecule has 12 N–H and O–H groups in total. The number of hydrogen-bond acceptors (Lipinski definition) is 9. The number of nitrogens with zero attached hydrogens (tertiary/aromatic N) is 2. The Morgan fingerprint density at radius 1 is 0.787 bits per heavy atom.